The third-order valence-corrected chi connectivity index (χ3v) is 5.02. The molecule has 0 saturated heterocycles. The van der Waals surface area contributed by atoms with Crippen LogP contribution in [0.3, 0.4) is 0 Å². The Bertz CT molecular complexity index is 772. The third-order valence-electron chi connectivity index (χ3n) is 4.04. The van der Waals surface area contributed by atoms with Gasteiger partial charge in [-0.15, -0.1) is 0 Å². The maximum atomic E-state index is 12.3. The predicted molar refractivity (Wildman–Crippen MR) is 106 cm³/mol. The van der Waals surface area contributed by atoms with Crippen LogP contribution < -0.4 is 0 Å². The summed E-state index contributed by atoms with van der Waals surface area (Å²) in [5.41, 5.74) is 0.863. The van der Waals surface area contributed by atoms with Gasteiger partial charge < -0.3 is 14.5 Å². The molecule has 0 unspecified atom stereocenters. The van der Waals surface area contributed by atoms with E-state index in [9.17, 15) is 19.6 Å². The summed E-state index contributed by atoms with van der Waals surface area (Å²) in [6.45, 7) is 8.52. The van der Waals surface area contributed by atoms with Gasteiger partial charge in [0.05, 0.1) is 35.7 Å². The second-order valence-corrected chi connectivity index (χ2v) is 6.87. The van der Waals surface area contributed by atoms with Crippen LogP contribution in [0.15, 0.2) is 11.1 Å². The highest BCUT2D eigenvalue weighted by atomic mass is 32.2. The number of aryl methyl sites for hydroxylation is 1. The van der Waals surface area contributed by atoms with Crippen LogP contribution in [0.1, 0.15) is 42.4 Å². The molecular formula is C19H26N4O4S. The molecule has 0 atom stereocenters. The van der Waals surface area contributed by atoms with Gasteiger partial charge in [-0.3, -0.25) is 9.59 Å². The normalized spacial score (nSPS) is 10.1. The minimum absolute atomic E-state index is 0.000430. The molecule has 1 rings (SSSR count). The number of hydrogen-bond acceptors (Lipinski definition) is 7. The summed E-state index contributed by atoms with van der Waals surface area (Å²) < 4.78 is 4.96. The molecule has 1 heterocycles. The largest absolute Gasteiger partial charge is 0.462 e. The average Bonchev–Trinajstić information content (AvgIpc) is 2.67. The molecule has 28 heavy (non-hydrogen) atoms. The number of carbonyl (C=O) groups is 3. The van der Waals surface area contributed by atoms with E-state index >= 15 is 0 Å². The van der Waals surface area contributed by atoms with Crippen molar-refractivity contribution < 1.29 is 19.1 Å². The summed E-state index contributed by atoms with van der Waals surface area (Å²) in [5, 5.41) is 9.72. The van der Waals surface area contributed by atoms with E-state index in [0.29, 0.717) is 23.8 Å². The van der Waals surface area contributed by atoms with Gasteiger partial charge in [0, 0.05) is 20.1 Å². The Balaban J connectivity index is 2.82. The van der Waals surface area contributed by atoms with Crippen molar-refractivity contribution in [2.24, 2.45) is 0 Å². The van der Waals surface area contributed by atoms with Crippen molar-refractivity contribution in [3.8, 4) is 6.07 Å². The molecule has 0 radical (unpaired) electrons. The first-order valence-electron chi connectivity index (χ1n) is 9.02. The molecule has 0 aliphatic heterocycles. The zero-order chi connectivity index (χ0) is 21.3. The molecule has 8 nitrogen and oxygen atoms in total. The van der Waals surface area contributed by atoms with Crippen LogP contribution in [0.25, 0.3) is 0 Å². The molecule has 0 N–H and O–H groups in total. The number of aromatic nitrogens is 1. The van der Waals surface area contributed by atoms with E-state index in [2.05, 4.69) is 4.98 Å². The Kier molecular flexibility index (Phi) is 9.45. The molecule has 9 heteroatoms. The number of likely N-dealkylation sites (N-methyl/N-ethyl adjacent to an activating group) is 2. The first-order chi connectivity index (χ1) is 13.3. The van der Waals surface area contributed by atoms with Crippen LogP contribution in [0.5, 0.6) is 0 Å². The molecule has 152 valence electrons. The van der Waals surface area contributed by atoms with E-state index in [1.807, 2.05) is 19.9 Å². The van der Waals surface area contributed by atoms with Crippen LogP contribution >= 0.6 is 11.8 Å². The van der Waals surface area contributed by atoms with Gasteiger partial charge in [0.15, 0.2) is 0 Å². The second-order valence-electron chi connectivity index (χ2n) is 5.91. The summed E-state index contributed by atoms with van der Waals surface area (Å²) in [5.74, 6) is -0.868. The van der Waals surface area contributed by atoms with Crippen molar-refractivity contribution in [1.29, 1.82) is 5.26 Å². The molecule has 0 bridgehead atoms. The average molecular weight is 407 g/mol. The molecule has 1 aromatic rings. The highest BCUT2D eigenvalue weighted by Crippen LogP contribution is 2.23. The Morgan fingerprint density at radius 1 is 1.21 bits per heavy atom. The number of ether oxygens (including phenoxy) is 1. The molecule has 0 saturated carbocycles. The highest BCUT2D eigenvalue weighted by Gasteiger charge is 2.19. The summed E-state index contributed by atoms with van der Waals surface area (Å²) in [6, 6.07) is 3.43. The number of nitrogens with zero attached hydrogens (tertiary/aromatic N) is 4. The van der Waals surface area contributed by atoms with Gasteiger partial charge in [0.2, 0.25) is 11.8 Å². The second kappa shape index (κ2) is 11.3. The molecule has 2 amide bonds. The quantitative estimate of drug-likeness (QED) is 0.455. The topological polar surface area (TPSA) is 104 Å². The summed E-state index contributed by atoms with van der Waals surface area (Å²) in [4.78, 5) is 43.7. The summed E-state index contributed by atoms with van der Waals surface area (Å²) >= 11 is 1.10. The van der Waals surface area contributed by atoms with Crippen LogP contribution in [0, 0.1) is 18.3 Å². The Morgan fingerprint density at radius 2 is 1.86 bits per heavy atom. The van der Waals surface area contributed by atoms with E-state index in [4.69, 9.17) is 4.74 Å². The van der Waals surface area contributed by atoms with E-state index < -0.39 is 5.97 Å². The molecule has 0 aliphatic rings. The number of hydrogen-bond donors (Lipinski definition) is 0. The van der Waals surface area contributed by atoms with Crippen LogP contribution in [0.4, 0.5) is 0 Å². The van der Waals surface area contributed by atoms with Gasteiger partial charge in [-0.05, 0) is 33.8 Å². The number of nitriles is 1. The molecule has 0 spiro atoms. The van der Waals surface area contributed by atoms with Crippen LogP contribution in [-0.4, -0.2) is 71.6 Å². The fourth-order valence-corrected chi connectivity index (χ4v) is 3.34. The minimum Gasteiger partial charge on any atom is -0.462 e. The van der Waals surface area contributed by atoms with Gasteiger partial charge in [-0.25, -0.2) is 9.78 Å². The zero-order valence-corrected chi connectivity index (χ0v) is 17.8. The van der Waals surface area contributed by atoms with E-state index in [0.717, 1.165) is 11.8 Å². The van der Waals surface area contributed by atoms with Gasteiger partial charge in [-0.1, -0.05) is 11.8 Å². The number of amides is 2. The SMILES string of the molecule is CCOC(=O)c1cc(C#N)c(SCC(=O)N(C)CC(=O)N(CC)CC)nc1C. The first-order valence-corrected chi connectivity index (χ1v) is 10.0. The van der Waals surface area contributed by atoms with Crippen LogP contribution in [0.2, 0.25) is 0 Å². The highest BCUT2D eigenvalue weighted by molar-refractivity contribution is 8.00. The third kappa shape index (κ3) is 6.23. The van der Waals surface area contributed by atoms with Crippen LogP contribution in [-0.2, 0) is 14.3 Å². The molecular weight excluding hydrogens is 380 g/mol. The fraction of sp³-hybridized carbons (Fsp3) is 0.526. The number of thioether (sulfide) groups is 1. The van der Waals surface area contributed by atoms with Crippen molar-refractivity contribution >= 4 is 29.5 Å². The number of carbonyl (C=O) groups excluding carboxylic acids is 3. The number of esters is 1. The van der Waals surface area contributed by atoms with E-state index in [1.54, 1.807) is 25.8 Å². The lowest BCUT2D eigenvalue weighted by Crippen LogP contribution is -2.41. The van der Waals surface area contributed by atoms with E-state index in [1.165, 1.54) is 11.0 Å². The van der Waals surface area contributed by atoms with E-state index in [-0.39, 0.29) is 41.8 Å². The maximum Gasteiger partial charge on any atom is 0.340 e. The lowest BCUT2D eigenvalue weighted by molar-refractivity contribution is -0.137. The van der Waals surface area contributed by atoms with Gasteiger partial charge in [0.25, 0.3) is 0 Å². The molecule has 0 aliphatic carbocycles. The van der Waals surface area contributed by atoms with Gasteiger partial charge in [0.1, 0.15) is 11.1 Å². The van der Waals surface area contributed by atoms with Crippen molar-refractivity contribution in [2.45, 2.75) is 32.7 Å². The summed E-state index contributed by atoms with van der Waals surface area (Å²) in [7, 11) is 1.57. The number of pyridine rings is 1. The zero-order valence-electron chi connectivity index (χ0n) is 16.9. The molecule has 1 aromatic heterocycles. The van der Waals surface area contributed by atoms with Gasteiger partial charge in [-0.2, -0.15) is 5.26 Å². The van der Waals surface area contributed by atoms with Gasteiger partial charge >= 0.3 is 5.97 Å². The monoisotopic (exact) mass is 406 g/mol. The standard InChI is InChI=1S/C19H26N4O4S/c1-6-23(7-2)16(24)11-22(5)17(25)12-28-18-14(10-20)9-15(13(4)21-18)19(26)27-8-3/h9H,6-8,11-12H2,1-5H3. The smallest absolute Gasteiger partial charge is 0.340 e. The molecule has 0 aromatic carbocycles. The Hall–Kier alpha value is -2.60. The first kappa shape index (κ1) is 23.4. The predicted octanol–water partition coefficient (Wildman–Crippen LogP) is 1.86. The fourth-order valence-electron chi connectivity index (χ4n) is 2.40. The lowest BCUT2D eigenvalue weighted by Gasteiger charge is -2.23. The Labute approximate surface area is 169 Å². The lowest BCUT2D eigenvalue weighted by atomic mass is 10.1. The maximum absolute atomic E-state index is 12.3. The van der Waals surface area contributed by atoms with Crippen molar-refractivity contribution in [3.05, 3.63) is 22.9 Å². The minimum atomic E-state index is -0.536. The number of rotatable bonds is 9. The molecule has 0 fully saturated rings. The summed E-state index contributed by atoms with van der Waals surface area (Å²) in [6.07, 6.45) is 0. The van der Waals surface area contributed by atoms with Crippen molar-refractivity contribution in [2.75, 3.05) is 39.0 Å². The van der Waals surface area contributed by atoms with Crippen molar-refractivity contribution in [1.82, 2.24) is 14.8 Å². The van der Waals surface area contributed by atoms with Crippen molar-refractivity contribution in [3.63, 3.8) is 0 Å². The Morgan fingerprint density at radius 3 is 2.39 bits per heavy atom.